The van der Waals surface area contributed by atoms with E-state index >= 15 is 0 Å². The van der Waals surface area contributed by atoms with Crippen molar-refractivity contribution in [2.24, 2.45) is 34.4 Å². The highest BCUT2D eigenvalue weighted by atomic mass is 14.9. The van der Waals surface area contributed by atoms with E-state index in [0.29, 0.717) is 5.57 Å². The van der Waals surface area contributed by atoms with E-state index < -0.39 is 0 Å². The Kier molecular flexibility index (Phi) is 1.53. The predicted molar refractivity (Wildman–Crippen MR) is 46.2 cm³/mol. The molecule has 0 radical (unpaired) electrons. The van der Waals surface area contributed by atoms with Gasteiger partial charge in [0.05, 0.1) is 28.4 Å². The largest absolute Gasteiger partial charge is 0.396 e. The van der Waals surface area contributed by atoms with Crippen LogP contribution in [0.2, 0.25) is 0 Å². The molecule has 1 aliphatic rings. The Morgan fingerprint density at radius 2 is 1.00 bits per heavy atom. The van der Waals surface area contributed by atoms with E-state index in [4.69, 9.17) is 34.4 Å². The maximum absolute atomic E-state index is 5.54. The molecule has 0 saturated heterocycles. The van der Waals surface area contributed by atoms with Crippen LogP contribution in [0.5, 0.6) is 0 Å². The molecule has 0 fully saturated rings. The zero-order valence-electron chi connectivity index (χ0n) is 6.46. The van der Waals surface area contributed by atoms with E-state index in [0.717, 1.165) is 0 Å². The molecule has 0 aromatic rings. The Morgan fingerprint density at radius 3 is 1.17 bits per heavy atom. The Labute approximate surface area is 69.5 Å². The van der Waals surface area contributed by atoms with Crippen LogP contribution in [0, 0.1) is 0 Å². The van der Waals surface area contributed by atoms with Crippen LogP contribution >= 0.6 is 0 Å². The zero-order chi connectivity index (χ0) is 9.46. The van der Waals surface area contributed by atoms with E-state index in [1.165, 1.54) is 0 Å². The molecule has 0 heterocycles. The third kappa shape index (κ3) is 0.815. The highest BCUT2D eigenvalue weighted by Gasteiger charge is 2.23. The van der Waals surface area contributed by atoms with Gasteiger partial charge >= 0.3 is 0 Å². The first kappa shape index (κ1) is 8.12. The maximum Gasteiger partial charge on any atom is 0.105 e. The highest BCUT2D eigenvalue weighted by molar-refractivity contribution is 5.60. The summed E-state index contributed by atoms with van der Waals surface area (Å²) in [6, 6.07) is 0. The van der Waals surface area contributed by atoms with Crippen molar-refractivity contribution in [3.8, 4) is 0 Å². The zero-order valence-corrected chi connectivity index (χ0v) is 6.46. The second-order valence-corrected chi connectivity index (χ2v) is 2.49. The van der Waals surface area contributed by atoms with Crippen LogP contribution in [0.3, 0.4) is 0 Å². The highest BCUT2D eigenvalue weighted by Crippen LogP contribution is 2.25. The second-order valence-electron chi connectivity index (χ2n) is 2.49. The summed E-state index contributed by atoms with van der Waals surface area (Å²) in [4.78, 5) is 0. The van der Waals surface area contributed by atoms with E-state index in [2.05, 4.69) is 0 Å². The molecule has 0 aromatic heterocycles. The van der Waals surface area contributed by atoms with Crippen LogP contribution in [-0.4, -0.2) is 0 Å². The molecule has 12 N–H and O–H groups in total. The average molecular weight is 168 g/mol. The van der Waals surface area contributed by atoms with Crippen molar-refractivity contribution in [1.29, 1.82) is 0 Å². The lowest BCUT2D eigenvalue weighted by atomic mass is 10.2. The molecular formula is C6H12N6. The second kappa shape index (κ2) is 2.26. The van der Waals surface area contributed by atoms with Crippen molar-refractivity contribution in [3.63, 3.8) is 0 Å². The van der Waals surface area contributed by atoms with Gasteiger partial charge in [0.15, 0.2) is 0 Å². The van der Waals surface area contributed by atoms with Crippen molar-refractivity contribution in [2.75, 3.05) is 0 Å². The topological polar surface area (TPSA) is 156 Å². The van der Waals surface area contributed by atoms with Gasteiger partial charge in [-0.2, -0.15) is 0 Å². The summed E-state index contributed by atoms with van der Waals surface area (Å²) in [6.07, 6.45) is 0. The number of nitrogens with two attached hydrogens (primary N) is 6. The van der Waals surface area contributed by atoms with Gasteiger partial charge in [-0.05, 0) is 0 Å². The lowest BCUT2D eigenvalue weighted by Gasteiger charge is -2.03. The maximum atomic E-state index is 5.54. The third-order valence-corrected chi connectivity index (χ3v) is 1.70. The lowest BCUT2D eigenvalue weighted by molar-refractivity contribution is 1.14. The van der Waals surface area contributed by atoms with Gasteiger partial charge in [0.1, 0.15) is 5.82 Å². The van der Waals surface area contributed by atoms with Gasteiger partial charge in [-0.25, -0.2) is 0 Å². The molecule has 1 aliphatic carbocycles. The van der Waals surface area contributed by atoms with Gasteiger partial charge < -0.3 is 34.4 Å². The summed E-state index contributed by atoms with van der Waals surface area (Å²) >= 11 is 0. The fourth-order valence-corrected chi connectivity index (χ4v) is 1.02. The molecular weight excluding hydrogens is 156 g/mol. The number of rotatable bonds is 0. The smallest absolute Gasteiger partial charge is 0.105 e. The minimum absolute atomic E-state index is 0.0217. The minimum atomic E-state index is 0.0217. The van der Waals surface area contributed by atoms with Gasteiger partial charge in [-0.15, -0.1) is 0 Å². The van der Waals surface area contributed by atoms with Gasteiger partial charge in [0, 0.05) is 0 Å². The van der Waals surface area contributed by atoms with Crippen molar-refractivity contribution in [3.05, 3.63) is 34.2 Å². The van der Waals surface area contributed by atoms with Gasteiger partial charge in [0.2, 0.25) is 0 Å². The fraction of sp³-hybridized carbons (Fsp3) is 0. The first-order valence-electron chi connectivity index (χ1n) is 3.23. The summed E-state index contributed by atoms with van der Waals surface area (Å²) < 4.78 is 0. The minimum Gasteiger partial charge on any atom is -0.396 e. The van der Waals surface area contributed by atoms with Crippen LogP contribution in [0.25, 0.3) is 0 Å². The van der Waals surface area contributed by atoms with Crippen LogP contribution in [0.15, 0.2) is 34.2 Å². The Hall–Kier alpha value is -1.98. The molecule has 1 rings (SSSR count). The van der Waals surface area contributed by atoms with Crippen LogP contribution in [0.4, 0.5) is 0 Å². The van der Waals surface area contributed by atoms with E-state index in [1.54, 1.807) is 0 Å². The first-order valence-corrected chi connectivity index (χ1v) is 3.23. The van der Waals surface area contributed by atoms with Crippen molar-refractivity contribution in [1.82, 2.24) is 0 Å². The molecule has 6 nitrogen and oxygen atoms in total. The average Bonchev–Trinajstić information content (AvgIpc) is 2.16. The van der Waals surface area contributed by atoms with Gasteiger partial charge in [-0.1, -0.05) is 0 Å². The quantitative estimate of drug-likeness (QED) is 0.232. The van der Waals surface area contributed by atoms with Crippen molar-refractivity contribution in [2.45, 2.75) is 0 Å². The van der Waals surface area contributed by atoms with E-state index in [9.17, 15) is 0 Å². The summed E-state index contributed by atoms with van der Waals surface area (Å²) in [5.74, 6) is 0.0217. The monoisotopic (exact) mass is 168 g/mol. The predicted octanol–water partition coefficient (Wildman–Crippen LogP) is -2.61. The van der Waals surface area contributed by atoms with Crippen LogP contribution in [0.1, 0.15) is 0 Å². The number of hydrogen-bond donors (Lipinski definition) is 6. The van der Waals surface area contributed by atoms with E-state index in [1.807, 2.05) is 0 Å². The Balaban J connectivity index is 3.37. The normalized spacial score (nSPS) is 17.5. The van der Waals surface area contributed by atoms with Crippen molar-refractivity contribution < 1.29 is 0 Å². The molecule has 66 valence electrons. The first-order chi connectivity index (χ1) is 5.46. The fourth-order valence-electron chi connectivity index (χ4n) is 1.02. The number of hydrogen-bond acceptors (Lipinski definition) is 6. The molecule has 0 aromatic carbocycles. The molecule has 0 unspecified atom stereocenters. The Morgan fingerprint density at radius 1 is 0.667 bits per heavy atom. The van der Waals surface area contributed by atoms with Gasteiger partial charge in [-0.3, -0.25) is 0 Å². The van der Waals surface area contributed by atoms with E-state index in [-0.39, 0.29) is 28.6 Å². The summed E-state index contributed by atoms with van der Waals surface area (Å²) in [5, 5.41) is 0. The molecule has 0 amide bonds. The standard InChI is InChI=1S/C6H12N6/c7-2-1(6(11)12)3(8)5(10)4(2)9/h7-12H2. The molecule has 0 atom stereocenters. The molecule has 0 aliphatic heterocycles. The van der Waals surface area contributed by atoms with Gasteiger partial charge in [0.25, 0.3) is 0 Å². The van der Waals surface area contributed by atoms with Crippen LogP contribution < -0.4 is 34.4 Å². The third-order valence-electron chi connectivity index (χ3n) is 1.70. The summed E-state index contributed by atoms with van der Waals surface area (Å²) in [6.45, 7) is 0. The molecule has 0 bridgehead atoms. The van der Waals surface area contributed by atoms with Crippen molar-refractivity contribution >= 4 is 0 Å². The molecule has 12 heavy (non-hydrogen) atoms. The van der Waals surface area contributed by atoms with Crippen LogP contribution in [-0.2, 0) is 0 Å². The lowest BCUT2D eigenvalue weighted by Crippen LogP contribution is -2.19. The summed E-state index contributed by atoms with van der Waals surface area (Å²) in [5.41, 5.74) is 34.0. The molecule has 0 saturated carbocycles. The SMILES string of the molecule is NC(N)=C1C(N)=C(N)C(N)=C1N. The molecule has 0 spiro atoms. The summed E-state index contributed by atoms with van der Waals surface area (Å²) in [7, 11) is 0. The Bertz CT molecular complexity index is 291. The molecule has 6 heteroatoms.